The third kappa shape index (κ3) is 4.44. The summed E-state index contributed by atoms with van der Waals surface area (Å²) in [5.41, 5.74) is 1.38. The minimum Gasteiger partial charge on any atom is -0.497 e. The number of rotatable bonds is 5. The Hall–Kier alpha value is -3.41. The SMILES string of the molecule is COc1ccc2c(=O)c(-c3ccc(NC(=O)NS(=O)(=O)c4ccc(Cl)s4)cn3)c[nH]c2c1. The molecule has 2 amide bonds. The summed E-state index contributed by atoms with van der Waals surface area (Å²) in [6.07, 6.45) is 2.87. The van der Waals surface area contributed by atoms with Crippen molar-refractivity contribution in [3.05, 3.63) is 69.4 Å². The van der Waals surface area contributed by atoms with Crippen molar-refractivity contribution in [1.29, 1.82) is 0 Å². The van der Waals surface area contributed by atoms with E-state index in [1.165, 1.54) is 24.4 Å². The van der Waals surface area contributed by atoms with Gasteiger partial charge in [0.05, 0.1) is 40.1 Å². The zero-order chi connectivity index (χ0) is 22.9. The lowest BCUT2D eigenvalue weighted by molar-refractivity contribution is 0.256. The molecule has 0 bridgehead atoms. The standard InChI is InChI=1S/C20H15ClN4O5S2/c1-30-12-3-4-13-16(8-12)23-10-14(19(13)26)15-5-2-11(9-22-15)24-20(27)25-32(28,29)18-7-6-17(21)31-18/h2-10H,1H3,(H,23,26)(H2,24,25,27). The number of carbonyl (C=O) groups excluding carboxylic acids is 1. The number of anilines is 1. The molecule has 9 nitrogen and oxygen atoms in total. The Morgan fingerprint density at radius 3 is 2.66 bits per heavy atom. The van der Waals surface area contributed by atoms with Crippen molar-refractivity contribution >= 4 is 55.6 Å². The van der Waals surface area contributed by atoms with E-state index in [4.69, 9.17) is 16.3 Å². The van der Waals surface area contributed by atoms with Crippen molar-refractivity contribution < 1.29 is 17.9 Å². The maximum atomic E-state index is 12.8. The minimum absolute atomic E-state index is 0.0840. The molecule has 12 heteroatoms. The summed E-state index contributed by atoms with van der Waals surface area (Å²) >= 11 is 6.57. The van der Waals surface area contributed by atoms with E-state index >= 15 is 0 Å². The van der Waals surface area contributed by atoms with E-state index < -0.39 is 16.1 Å². The van der Waals surface area contributed by atoms with E-state index in [0.29, 0.717) is 27.9 Å². The van der Waals surface area contributed by atoms with Crippen LogP contribution in [0.15, 0.2) is 63.9 Å². The number of hydrogen-bond donors (Lipinski definition) is 3. The van der Waals surface area contributed by atoms with E-state index in [9.17, 15) is 18.0 Å². The second kappa shape index (κ2) is 8.61. The van der Waals surface area contributed by atoms with Crippen LogP contribution >= 0.6 is 22.9 Å². The predicted octanol–water partition coefficient (Wildman–Crippen LogP) is 3.82. The molecule has 0 spiro atoms. The monoisotopic (exact) mass is 490 g/mol. The quantitative estimate of drug-likeness (QED) is 0.390. The summed E-state index contributed by atoms with van der Waals surface area (Å²) in [5.74, 6) is 0.622. The fourth-order valence-electron chi connectivity index (χ4n) is 2.92. The normalized spacial score (nSPS) is 11.3. The van der Waals surface area contributed by atoms with Gasteiger partial charge in [0.25, 0.3) is 10.0 Å². The van der Waals surface area contributed by atoms with Crippen LogP contribution in [0.1, 0.15) is 0 Å². The Bertz CT molecular complexity index is 1480. The van der Waals surface area contributed by atoms with Crippen LogP contribution < -0.4 is 20.2 Å². The maximum absolute atomic E-state index is 12.8. The Morgan fingerprint density at radius 2 is 2.00 bits per heavy atom. The summed E-state index contributed by atoms with van der Waals surface area (Å²) in [4.78, 5) is 32.2. The van der Waals surface area contributed by atoms with Crippen LogP contribution in [0.2, 0.25) is 4.34 Å². The minimum atomic E-state index is -4.04. The number of methoxy groups -OCH3 is 1. The molecule has 0 atom stereocenters. The number of amides is 2. The molecule has 0 aliphatic rings. The molecule has 32 heavy (non-hydrogen) atoms. The van der Waals surface area contributed by atoms with E-state index in [2.05, 4.69) is 15.3 Å². The fourth-order valence-corrected chi connectivity index (χ4v) is 5.31. The van der Waals surface area contributed by atoms with Crippen LogP contribution in [-0.2, 0) is 10.0 Å². The number of pyridine rings is 2. The van der Waals surface area contributed by atoms with E-state index in [1.807, 2.05) is 4.72 Å². The van der Waals surface area contributed by atoms with Gasteiger partial charge in [-0.15, -0.1) is 11.3 Å². The van der Waals surface area contributed by atoms with E-state index in [0.717, 1.165) is 11.3 Å². The second-order valence-corrected chi connectivity index (χ2v) is 10.1. The highest BCUT2D eigenvalue weighted by molar-refractivity contribution is 7.92. The number of fused-ring (bicyclic) bond motifs is 1. The van der Waals surface area contributed by atoms with E-state index in [1.54, 1.807) is 37.6 Å². The Balaban J connectivity index is 1.51. The number of urea groups is 1. The largest absolute Gasteiger partial charge is 0.497 e. The fraction of sp³-hybridized carbons (Fsp3) is 0.0500. The highest BCUT2D eigenvalue weighted by Gasteiger charge is 2.20. The second-order valence-electron chi connectivity index (χ2n) is 6.49. The number of nitrogens with one attached hydrogen (secondary N) is 3. The lowest BCUT2D eigenvalue weighted by atomic mass is 10.1. The van der Waals surface area contributed by atoms with Crippen molar-refractivity contribution in [1.82, 2.24) is 14.7 Å². The van der Waals surface area contributed by atoms with Gasteiger partial charge in [0.1, 0.15) is 9.96 Å². The van der Waals surface area contributed by atoms with Gasteiger partial charge >= 0.3 is 6.03 Å². The van der Waals surface area contributed by atoms with Crippen molar-refractivity contribution in [2.75, 3.05) is 12.4 Å². The summed E-state index contributed by atoms with van der Waals surface area (Å²) < 4.78 is 31.6. The average Bonchev–Trinajstić information content (AvgIpc) is 3.21. The molecule has 4 rings (SSSR count). The Kier molecular flexibility index (Phi) is 5.87. The smallest absolute Gasteiger partial charge is 0.333 e. The number of ether oxygens (including phenoxy) is 1. The van der Waals surface area contributed by atoms with E-state index in [-0.39, 0.29) is 19.7 Å². The number of halogens is 1. The summed E-state index contributed by atoms with van der Waals surface area (Å²) in [6.45, 7) is 0. The topological polar surface area (TPSA) is 130 Å². The maximum Gasteiger partial charge on any atom is 0.333 e. The van der Waals surface area contributed by atoms with Gasteiger partial charge in [-0.05, 0) is 36.4 Å². The molecule has 1 aromatic carbocycles. The molecule has 0 aliphatic heterocycles. The highest BCUT2D eigenvalue weighted by Crippen LogP contribution is 2.25. The number of hydrogen-bond acceptors (Lipinski definition) is 7. The summed E-state index contributed by atoms with van der Waals surface area (Å²) in [6, 6.07) is 9.90. The van der Waals surface area contributed by atoms with Gasteiger partial charge in [0.2, 0.25) is 0 Å². The molecule has 3 heterocycles. The number of H-pyrrole nitrogens is 1. The van der Waals surface area contributed by atoms with Crippen LogP contribution in [0.5, 0.6) is 5.75 Å². The van der Waals surface area contributed by atoms with Crippen LogP contribution in [0.25, 0.3) is 22.2 Å². The number of sulfonamides is 1. The molecule has 0 radical (unpaired) electrons. The van der Waals surface area contributed by atoms with Gasteiger partial charge in [0.15, 0.2) is 5.43 Å². The van der Waals surface area contributed by atoms with Crippen molar-refractivity contribution in [2.24, 2.45) is 0 Å². The third-order valence-corrected chi connectivity index (χ3v) is 7.48. The molecule has 3 N–H and O–H groups in total. The lowest BCUT2D eigenvalue weighted by Gasteiger charge is -2.08. The third-order valence-electron chi connectivity index (χ3n) is 4.43. The van der Waals surface area contributed by atoms with Crippen LogP contribution in [-0.4, -0.2) is 31.5 Å². The number of aromatic nitrogens is 2. The lowest BCUT2D eigenvalue weighted by Crippen LogP contribution is -2.33. The molecular weight excluding hydrogens is 476 g/mol. The predicted molar refractivity (Wildman–Crippen MR) is 123 cm³/mol. The van der Waals surface area contributed by atoms with Gasteiger partial charge in [-0.3, -0.25) is 9.78 Å². The zero-order valence-corrected chi connectivity index (χ0v) is 18.8. The molecular formula is C20H15ClN4O5S2. The van der Waals surface area contributed by atoms with Crippen molar-refractivity contribution in [3.63, 3.8) is 0 Å². The molecule has 0 unspecified atom stereocenters. The van der Waals surface area contributed by atoms with Gasteiger partial charge in [0, 0.05) is 17.6 Å². The summed E-state index contributed by atoms with van der Waals surface area (Å²) in [5, 5.41) is 2.87. The van der Waals surface area contributed by atoms with Gasteiger partial charge < -0.3 is 15.0 Å². The van der Waals surface area contributed by atoms with Crippen molar-refractivity contribution in [3.8, 4) is 17.0 Å². The van der Waals surface area contributed by atoms with Gasteiger partial charge in [-0.1, -0.05) is 11.6 Å². The first-order valence-electron chi connectivity index (χ1n) is 9.02. The highest BCUT2D eigenvalue weighted by atomic mass is 35.5. The number of carbonyl (C=O) groups is 1. The Morgan fingerprint density at radius 1 is 1.19 bits per heavy atom. The van der Waals surface area contributed by atoms with Crippen LogP contribution in [0.3, 0.4) is 0 Å². The molecule has 164 valence electrons. The number of nitrogens with zero attached hydrogens (tertiary/aromatic N) is 1. The van der Waals surface area contributed by atoms with Gasteiger partial charge in [-0.2, -0.15) is 0 Å². The molecule has 3 aromatic heterocycles. The number of aromatic amines is 1. The molecule has 0 fully saturated rings. The molecule has 0 saturated carbocycles. The zero-order valence-electron chi connectivity index (χ0n) is 16.4. The van der Waals surface area contributed by atoms with Crippen molar-refractivity contribution in [2.45, 2.75) is 4.21 Å². The number of thiophene rings is 1. The number of benzene rings is 1. The van der Waals surface area contributed by atoms with Gasteiger partial charge in [-0.25, -0.2) is 17.9 Å². The molecule has 0 saturated heterocycles. The first kappa shape index (κ1) is 21.8. The molecule has 4 aromatic rings. The van der Waals surface area contributed by atoms with Crippen LogP contribution in [0, 0.1) is 0 Å². The summed E-state index contributed by atoms with van der Waals surface area (Å²) in [7, 11) is -2.50. The average molecular weight is 491 g/mol. The first-order valence-corrected chi connectivity index (χ1v) is 11.7. The Labute approximate surface area is 191 Å². The van der Waals surface area contributed by atoms with Crippen LogP contribution in [0.4, 0.5) is 10.5 Å². The first-order chi connectivity index (χ1) is 15.3. The molecule has 0 aliphatic carbocycles.